The molecular weight excluding hydrogens is 328 g/mol. The van der Waals surface area contributed by atoms with Crippen molar-refractivity contribution in [1.29, 1.82) is 0 Å². The number of benzene rings is 1. The lowest BCUT2D eigenvalue weighted by Crippen LogP contribution is -2.29. The van der Waals surface area contributed by atoms with Crippen molar-refractivity contribution >= 4 is 21.4 Å². The van der Waals surface area contributed by atoms with E-state index in [0.29, 0.717) is 16.9 Å². The van der Waals surface area contributed by atoms with E-state index < -0.39 is 9.84 Å². The minimum absolute atomic E-state index is 0.0136. The fourth-order valence-corrected chi connectivity index (χ4v) is 3.57. The molecule has 1 amide bonds. The average molecular weight is 344 g/mol. The maximum Gasteiger partial charge on any atom is 0.257 e. The van der Waals surface area contributed by atoms with Gasteiger partial charge in [-0.1, -0.05) is 18.2 Å². The molecule has 0 saturated carbocycles. The topological polar surface area (TPSA) is 93.4 Å². The molecule has 8 heteroatoms. The highest BCUT2D eigenvalue weighted by Crippen LogP contribution is 2.13. The number of sulfone groups is 1. The van der Waals surface area contributed by atoms with Crippen LogP contribution in [-0.2, 0) is 9.84 Å². The number of hydrogen-bond acceptors (Lipinski definition) is 5. The number of nitrogens with one attached hydrogen (secondary N) is 1. The van der Waals surface area contributed by atoms with Crippen LogP contribution in [0.1, 0.15) is 16.1 Å². The lowest BCUT2D eigenvalue weighted by Gasteiger charge is -2.06. The summed E-state index contributed by atoms with van der Waals surface area (Å²) in [5, 5.41) is 6.85. The van der Waals surface area contributed by atoms with E-state index in [1.165, 1.54) is 16.6 Å². The third-order valence-electron chi connectivity index (χ3n) is 3.56. The average Bonchev–Trinajstić information content (AvgIpc) is 2.91. The van der Waals surface area contributed by atoms with Gasteiger partial charge in [-0.15, -0.1) is 0 Å². The standard InChI is InChI=1S/C16H16N4O3S/c1-12-14(15-17-8-5-10-20(15)19-12)16(21)18-9-11-24(22,23)13-6-3-2-4-7-13/h2-8,10H,9,11H2,1H3,(H,18,21). The van der Waals surface area contributed by atoms with Gasteiger partial charge >= 0.3 is 0 Å². The minimum atomic E-state index is -3.43. The molecule has 0 fully saturated rings. The summed E-state index contributed by atoms with van der Waals surface area (Å²) >= 11 is 0. The number of rotatable bonds is 5. The van der Waals surface area contributed by atoms with Gasteiger partial charge in [0.1, 0.15) is 5.56 Å². The van der Waals surface area contributed by atoms with E-state index in [1.807, 2.05) is 0 Å². The number of aryl methyl sites for hydroxylation is 1. The fraction of sp³-hybridized carbons (Fsp3) is 0.188. The molecule has 124 valence electrons. The van der Waals surface area contributed by atoms with E-state index in [4.69, 9.17) is 0 Å². The highest BCUT2D eigenvalue weighted by molar-refractivity contribution is 7.91. The van der Waals surface area contributed by atoms with Gasteiger partial charge in [-0.25, -0.2) is 17.9 Å². The largest absolute Gasteiger partial charge is 0.351 e. The lowest BCUT2D eigenvalue weighted by molar-refractivity contribution is 0.0957. The number of fused-ring (bicyclic) bond motifs is 1. The van der Waals surface area contributed by atoms with Gasteiger partial charge in [0.05, 0.1) is 16.3 Å². The van der Waals surface area contributed by atoms with Crippen LogP contribution in [-0.4, -0.2) is 41.2 Å². The van der Waals surface area contributed by atoms with Crippen LogP contribution in [0.4, 0.5) is 0 Å². The van der Waals surface area contributed by atoms with E-state index in [1.54, 1.807) is 43.6 Å². The molecule has 3 rings (SSSR count). The zero-order valence-electron chi connectivity index (χ0n) is 13.0. The zero-order chi connectivity index (χ0) is 17.2. The molecule has 0 bridgehead atoms. The van der Waals surface area contributed by atoms with Crippen molar-refractivity contribution < 1.29 is 13.2 Å². The Bertz CT molecular complexity index is 981. The van der Waals surface area contributed by atoms with Crippen molar-refractivity contribution in [3.63, 3.8) is 0 Å². The highest BCUT2D eigenvalue weighted by Gasteiger charge is 2.19. The summed E-state index contributed by atoms with van der Waals surface area (Å²) in [7, 11) is -3.43. The molecule has 3 aromatic rings. The summed E-state index contributed by atoms with van der Waals surface area (Å²) in [5.41, 5.74) is 1.34. The first-order valence-electron chi connectivity index (χ1n) is 7.35. The Balaban J connectivity index is 1.71. The summed E-state index contributed by atoms with van der Waals surface area (Å²) in [6, 6.07) is 9.88. The summed E-state index contributed by atoms with van der Waals surface area (Å²) in [4.78, 5) is 16.8. The van der Waals surface area contributed by atoms with E-state index in [-0.39, 0.29) is 23.1 Å². The first kappa shape index (κ1) is 16.1. The molecular formula is C16H16N4O3S. The van der Waals surface area contributed by atoms with Gasteiger partial charge in [-0.3, -0.25) is 4.79 Å². The Kier molecular flexibility index (Phi) is 4.30. The molecule has 0 radical (unpaired) electrons. The van der Waals surface area contributed by atoms with Crippen molar-refractivity contribution in [2.75, 3.05) is 12.3 Å². The zero-order valence-corrected chi connectivity index (χ0v) is 13.8. The minimum Gasteiger partial charge on any atom is -0.351 e. The van der Waals surface area contributed by atoms with Gasteiger partial charge in [0.2, 0.25) is 0 Å². The van der Waals surface area contributed by atoms with E-state index in [9.17, 15) is 13.2 Å². The SMILES string of the molecule is Cc1nn2cccnc2c1C(=O)NCCS(=O)(=O)c1ccccc1. The molecule has 7 nitrogen and oxygen atoms in total. The Morgan fingerprint density at radius 1 is 1.21 bits per heavy atom. The number of aromatic nitrogens is 3. The molecule has 0 unspecified atom stereocenters. The number of carbonyl (C=O) groups is 1. The van der Waals surface area contributed by atoms with Crippen molar-refractivity contribution in [2.24, 2.45) is 0 Å². The third kappa shape index (κ3) is 3.13. The Hall–Kier alpha value is -2.74. The first-order chi connectivity index (χ1) is 11.5. The van der Waals surface area contributed by atoms with Crippen molar-refractivity contribution in [1.82, 2.24) is 19.9 Å². The second kappa shape index (κ2) is 6.40. The molecule has 0 spiro atoms. The van der Waals surface area contributed by atoms with Crippen molar-refractivity contribution in [3.05, 3.63) is 60.0 Å². The molecule has 2 aromatic heterocycles. The van der Waals surface area contributed by atoms with Gasteiger partial charge in [-0.2, -0.15) is 5.10 Å². The van der Waals surface area contributed by atoms with E-state index in [2.05, 4.69) is 15.4 Å². The molecule has 0 aliphatic carbocycles. The highest BCUT2D eigenvalue weighted by atomic mass is 32.2. The van der Waals surface area contributed by atoms with Crippen molar-refractivity contribution in [2.45, 2.75) is 11.8 Å². The lowest BCUT2D eigenvalue weighted by atomic mass is 10.2. The van der Waals surface area contributed by atoms with Crippen LogP contribution >= 0.6 is 0 Å². The van der Waals surface area contributed by atoms with Crippen molar-refractivity contribution in [3.8, 4) is 0 Å². The molecule has 1 N–H and O–H groups in total. The van der Waals surface area contributed by atoms with Gasteiger partial charge < -0.3 is 5.32 Å². The number of amides is 1. The predicted molar refractivity (Wildman–Crippen MR) is 88.6 cm³/mol. The van der Waals surface area contributed by atoms with Crippen LogP contribution in [0.2, 0.25) is 0 Å². The number of nitrogens with zero attached hydrogens (tertiary/aromatic N) is 3. The molecule has 24 heavy (non-hydrogen) atoms. The van der Waals surface area contributed by atoms with Gasteiger partial charge in [0.15, 0.2) is 15.5 Å². The van der Waals surface area contributed by atoms with Crippen LogP contribution in [0.15, 0.2) is 53.7 Å². The van der Waals surface area contributed by atoms with Gasteiger partial charge in [-0.05, 0) is 25.1 Å². The molecule has 0 saturated heterocycles. The first-order valence-corrected chi connectivity index (χ1v) is 9.00. The molecule has 1 aromatic carbocycles. The van der Waals surface area contributed by atoms with E-state index >= 15 is 0 Å². The van der Waals surface area contributed by atoms with Crippen LogP contribution in [0, 0.1) is 6.92 Å². The molecule has 0 atom stereocenters. The predicted octanol–water partition coefficient (Wildman–Crippen LogP) is 1.24. The van der Waals surface area contributed by atoms with Gasteiger partial charge in [0.25, 0.3) is 5.91 Å². The second-order valence-electron chi connectivity index (χ2n) is 5.24. The summed E-state index contributed by atoms with van der Waals surface area (Å²) < 4.78 is 25.9. The van der Waals surface area contributed by atoms with E-state index in [0.717, 1.165) is 0 Å². The van der Waals surface area contributed by atoms with Crippen LogP contribution in [0.5, 0.6) is 0 Å². The molecule has 0 aliphatic heterocycles. The van der Waals surface area contributed by atoms with Crippen LogP contribution < -0.4 is 5.32 Å². The van der Waals surface area contributed by atoms with Crippen LogP contribution in [0.3, 0.4) is 0 Å². The smallest absolute Gasteiger partial charge is 0.257 e. The summed E-state index contributed by atoms with van der Waals surface area (Å²) in [6.45, 7) is 1.73. The Morgan fingerprint density at radius 3 is 2.71 bits per heavy atom. The summed E-state index contributed by atoms with van der Waals surface area (Å²) in [5.74, 6) is -0.557. The normalized spacial score (nSPS) is 11.5. The van der Waals surface area contributed by atoms with Gasteiger partial charge in [0, 0.05) is 18.9 Å². The monoisotopic (exact) mass is 344 g/mol. The Labute approximate surface area is 139 Å². The molecule has 2 heterocycles. The second-order valence-corrected chi connectivity index (χ2v) is 7.35. The Morgan fingerprint density at radius 2 is 1.96 bits per heavy atom. The molecule has 0 aliphatic rings. The summed E-state index contributed by atoms with van der Waals surface area (Å²) in [6.07, 6.45) is 3.28. The third-order valence-corrected chi connectivity index (χ3v) is 5.29. The number of carbonyl (C=O) groups excluding carboxylic acids is 1. The number of hydrogen-bond donors (Lipinski definition) is 1. The maximum atomic E-state index is 12.4. The quantitative estimate of drug-likeness (QED) is 0.752. The fourth-order valence-electron chi connectivity index (χ4n) is 2.40. The maximum absolute atomic E-state index is 12.4. The van der Waals surface area contributed by atoms with Crippen LogP contribution in [0.25, 0.3) is 5.65 Å².